The topological polar surface area (TPSA) is 76.4 Å². The van der Waals surface area contributed by atoms with Gasteiger partial charge in [-0.25, -0.2) is 9.78 Å². The van der Waals surface area contributed by atoms with E-state index in [9.17, 15) is 9.90 Å². The second-order valence-electron chi connectivity index (χ2n) is 10.8. The highest BCUT2D eigenvalue weighted by molar-refractivity contribution is 5.69. The van der Waals surface area contributed by atoms with Crippen molar-refractivity contribution >= 4 is 6.09 Å². The minimum Gasteiger partial charge on any atom is -0.444 e. The van der Waals surface area contributed by atoms with Crippen LogP contribution in [0.1, 0.15) is 77.3 Å². The molecule has 2 atom stereocenters. The number of nitrogens with one attached hydrogen (secondary N) is 1. The number of ether oxygens (including phenoxy) is 1. The third-order valence-corrected chi connectivity index (χ3v) is 7.82. The molecule has 166 valence electrons. The van der Waals surface area contributed by atoms with Crippen LogP contribution in [0, 0.1) is 5.41 Å². The maximum Gasteiger partial charge on any atom is 0.408 e. The summed E-state index contributed by atoms with van der Waals surface area (Å²) in [6.07, 6.45) is 9.34. The Morgan fingerprint density at radius 3 is 2.58 bits per heavy atom. The Labute approximate surface area is 184 Å². The van der Waals surface area contributed by atoms with Crippen LogP contribution in [0.5, 0.6) is 0 Å². The van der Waals surface area contributed by atoms with Gasteiger partial charge in [0.2, 0.25) is 0 Å². The van der Waals surface area contributed by atoms with Gasteiger partial charge in [-0.3, -0.25) is 0 Å². The number of aromatic nitrogens is 2. The van der Waals surface area contributed by atoms with Gasteiger partial charge in [0.15, 0.2) is 0 Å². The average Bonchev–Trinajstić information content (AvgIpc) is 3.30. The molecule has 1 aromatic carbocycles. The summed E-state index contributed by atoms with van der Waals surface area (Å²) in [6, 6.07) is 8.59. The Kier molecular flexibility index (Phi) is 4.70. The van der Waals surface area contributed by atoms with Crippen molar-refractivity contribution in [2.24, 2.45) is 5.41 Å². The molecular weight excluding hydrogens is 390 g/mol. The van der Waals surface area contributed by atoms with Gasteiger partial charge in [0, 0.05) is 11.1 Å². The van der Waals surface area contributed by atoms with Crippen molar-refractivity contribution in [3.8, 4) is 11.3 Å². The first-order chi connectivity index (χ1) is 14.7. The molecule has 6 heteroatoms. The number of nitrogens with zero attached hydrogens (tertiary/aromatic N) is 2. The van der Waals surface area contributed by atoms with Gasteiger partial charge in [0.25, 0.3) is 0 Å². The molecule has 6 rings (SSSR count). The number of fused-ring (bicyclic) bond motifs is 6. The van der Waals surface area contributed by atoms with E-state index in [2.05, 4.69) is 39.1 Å². The van der Waals surface area contributed by atoms with Gasteiger partial charge in [-0.2, -0.15) is 0 Å². The van der Waals surface area contributed by atoms with Crippen LogP contribution in [0.3, 0.4) is 0 Å². The third kappa shape index (κ3) is 3.55. The third-order valence-electron chi connectivity index (χ3n) is 7.82. The number of hydrogen-bond donors (Lipinski definition) is 2. The highest BCUT2D eigenvalue weighted by Gasteiger charge is 2.53. The fourth-order valence-electron chi connectivity index (χ4n) is 6.06. The largest absolute Gasteiger partial charge is 0.444 e. The van der Waals surface area contributed by atoms with Crippen molar-refractivity contribution in [2.75, 3.05) is 0 Å². The number of aliphatic hydroxyl groups excluding tert-OH is 1. The van der Waals surface area contributed by atoms with Crippen molar-refractivity contribution in [1.29, 1.82) is 0 Å². The molecule has 0 radical (unpaired) electrons. The van der Waals surface area contributed by atoms with Gasteiger partial charge >= 0.3 is 6.09 Å². The number of alkyl carbamates (subject to hydrolysis) is 1. The Morgan fingerprint density at radius 2 is 1.90 bits per heavy atom. The predicted molar refractivity (Wildman–Crippen MR) is 119 cm³/mol. The molecule has 3 saturated carbocycles. The predicted octanol–water partition coefficient (Wildman–Crippen LogP) is 4.82. The lowest BCUT2D eigenvalue weighted by Crippen LogP contribution is -2.59. The van der Waals surface area contributed by atoms with Crippen LogP contribution < -0.4 is 5.32 Å². The Bertz CT molecular complexity index is 965. The van der Waals surface area contributed by atoms with Gasteiger partial charge in [-0.05, 0) is 76.7 Å². The van der Waals surface area contributed by atoms with Crippen LogP contribution in [0.25, 0.3) is 11.3 Å². The molecule has 1 amide bonds. The van der Waals surface area contributed by atoms with E-state index in [1.54, 1.807) is 0 Å². The molecule has 0 saturated heterocycles. The van der Waals surface area contributed by atoms with Gasteiger partial charge in [0.05, 0.1) is 30.4 Å². The van der Waals surface area contributed by atoms with Crippen LogP contribution in [-0.2, 0) is 4.74 Å². The summed E-state index contributed by atoms with van der Waals surface area (Å²) in [5, 5.41) is 14.6. The van der Waals surface area contributed by atoms with E-state index >= 15 is 0 Å². The van der Waals surface area contributed by atoms with Gasteiger partial charge < -0.3 is 19.7 Å². The average molecular weight is 424 g/mol. The molecule has 1 aromatic heterocycles. The smallest absolute Gasteiger partial charge is 0.408 e. The number of rotatable bonds is 4. The lowest BCUT2D eigenvalue weighted by atomic mass is 9.54. The van der Waals surface area contributed by atoms with Crippen molar-refractivity contribution in [3.05, 3.63) is 42.4 Å². The maximum absolute atomic E-state index is 12.4. The molecule has 3 fully saturated rings. The molecule has 3 aliphatic carbocycles. The zero-order valence-corrected chi connectivity index (χ0v) is 18.7. The highest BCUT2D eigenvalue weighted by atomic mass is 16.6. The zero-order chi connectivity index (χ0) is 21.9. The van der Waals surface area contributed by atoms with Crippen molar-refractivity contribution in [1.82, 2.24) is 14.9 Å². The lowest BCUT2D eigenvalue weighted by Gasteiger charge is -2.55. The molecule has 31 heavy (non-hydrogen) atoms. The Morgan fingerprint density at radius 1 is 1.23 bits per heavy atom. The highest BCUT2D eigenvalue weighted by Crippen LogP contribution is 2.56. The number of aliphatic hydroxyl groups is 1. The Hall–Kier alpha value is -2.34. The van der Waals surface area contributed by atoms with Crippen molar-refractivity contribution < 1.29 is 14.6 Å². The van der Waals surface area contributed by atoms with E-state index in [-0.39, 0.29) is 29.2 Å². The number of amides is 1. The number of carbonyl (C=O) groups is 1. The number of hydrogen-bond acceptors (Lipinski definition) is 4. The van der Waals surface area contributed by atoms with E-state index < -0.39 is 5.60 Å². The summed E-state index contributed by atoms with van der Waals surface area (Å²) in [7, 11) is 0. The Balaban J connectivity index is 1.28. The standard InChI is InChI=1S/C25H33N3O3/c1-23(2,3)31-22(30)27-25-11-8-24(9-12-25,10-13-25)21(29)14-19-17-6-4-5-7-18(17)20-15-26-16-28(19)20/h4-7,15-16,19,21,29H,8-14H2,1-3H3,(H,27,30). The first-order valence-corrected chi connectivity index (χ1v) is 11.5. The monoisotopic (exact) mass is 423 g/mol. The number of imidazole rings is 1. The van der Waals surface area contributed by atoms with Crippen molar-refractivity contribution in [3.63, 3.8) is 0 Å². The van der Waals surface area contributed by atoms with E-state index in [1.807, 2.05) is 33.3 Å². The summed E-state index contributed by atoms with van der Waals surface area (Å²) in [5.41, 5.74) is 2.91. The molecule has 4 aliphatic rings. The van der Waals surface area contributed by atoms with Gasteiger partial charge in [0.1, 0.15) is 5.60 Å². The quantitative estimate of drug-likeness (QED) is 0.739. The molecule has 2 bridgehead atoms. The summed E-state index contributed by atoms with van der Waals surface area (Å²) in [5.74, 6) is 0. The minimum absolute atomic E-state index is 0.0599. The number of carbonyl (C=O) groups excluding carboxylic acids is 1. The van der Waals surface area contributed by atoms with Crippen LogP contribution in [0.4, 0.5) is 4.79 Å². The zero-order valence-electron chi connectivity index (χ0n) is 18.7. The van der Waals surface area contributed by atoms with E-state index in [0.717, 1.165) is 44.2 Å². The summed E-state index contributed by atoms with van der Waals surface area (Å²) in [6.45, 7) is 5.67. The molecule has 2 aromatic rings. The summed E-state index contributed by atoms with van der Waals surface area (Å²) in [4.78, 5) is 16.7. The molecule has 1 aliphatic heterocycles. The first kappa shape index (κ1) is 20.6. The fraction of sp³-hybridized carbons (Fsp3) is 0.600. The van der Waals surface area contributed by atoms with E-state index in [4.69, 9.17) is 4.74 Å². The minimum atomic E-state index is -0.492. The second-order valence-corrected chi connectivity index (χ2v) is 10.8. The fourth-order valence-corrected chi connectivity index (χ4v) is 6.06. The molecule has 2 unspecified atom stereocenters. The van der Waals surface area contributed by atoms with Gasteiger partial charge in [-0.1, -0.05) is 24.3 Å². The normalized spacial score (nSPS) is 29.9. The second kappa shape index (κ2) is 7.09. The van der Waals surface area contributed by atoms with Crippen molar-refractivity contribution in [2.45, 2.75) is 89.0 Å². The lowest BCUT2D eigenvalue weighted by molar-refractivity contribution is -0.0766. The molecule has 6 nitrogen and oxygen atoms in total. The van der Waals surface area contributed by atoms with Gasteiger partial charge in [-0.15, -0.1) is 0 Å². The van der Waals surface area contributed by atoms with Crippen LogP contribution >= 0.6 is 0 Å². The maximum atomic E-state index is 12.4. The molecule has 0 spiro atoms. The van der Waals surface area contributed by atoms with Crippen LogP contribution in [0.2, 0.25) is 0 Å². The summed E-state index contributed by atoms with van der Waals surface area (Å²) >= 11 is 0. The summed E-state index contributed by atoms with van der Waals surface area (Å²) < 4.78 is 7.71. The van der Waals surface area contributed by atoms with Crippen LogP contribution in [0.15, 0.2) is 36.8 Å². The first-order valence-electron chi connectivity index (χ1n) is 11.5. The van der Waals surface area contributed by atoms with E-state index in [1.165, 1.54) is 11.1 Å². The number of benzene rings is 1. The SMILES string of the molecule is CC(C)(C)OC(=O)NC12CCC(C(O)CC3c4ccccc4-c4cncn43)(CC1)CC2. The van der Waals surface area contributed by atoms with Crippen LogP contribution in [-0.4, -0.2) is 38.0 Å². The van der Waals surface area contributed by atoms with E-state index in [0.29, 0.717) is 6.42 Å². The molecule has 2 heterocycles. The molecular formula is C25H33N3O3. The molecule has 2 N–H and O–H groups in total.